The zero-order valence-corrected chi connectivity index (χ0v) is 17.9. The van der Waals surface area contributed by atoms with Crippen LogP contribution >= 0.6 is 22.9 Å². The summed E-state index contributed by atoms with van der Waals surface area (Å²) >= 11 is 7.15. The Hall–Kier alpha value is -2.68. The third kappa shape index (κ3) is 3.78. The minimum Gasteiger partial charge on any atom is -0.333 e. The summed E-state index contributed by atoms with van der Waals surface area (Å²) in [6, 6.07) is 15.8. The van der Waals surface area contributed by atoms with Crippen LogP contribution in [0.1, 0.15) is 5.56 Å². The number of halogens is 1. The predicted octanol–water partition coefficient (Wildman–Crippen LogP) is 5.25. The molecule has 29 heavy (non-hydrogen) atoms. The average Bonchev–Trinajstić information content (AvgIpc) is 3.37. The van der Waals surface area contributed by atoms with E-state index in [2.05, 4.69) is 10.1 Å². The molecule has 4 rings (SSSR count). The molecule has 6 nitrogen and oxygen atoms in total. The third-order valence-corrected chi connectivity index (χ3v) is 7.47. The minimum absolute atomic E-state index is 0.123. The summed E-state index contributed by atoms with van der Waals surface area (Å²) in [6.45, 7) is 1.91. The molecule has 0 aliphatic heterocycles. The van der Waals surface area contributed by atoms with Crippen LogP contribution in [0.4, 0.5) is 5.69 Å². The van der Waals surface area contributed by atoms with E-state index >= 15 is 0 Å². The summed E-state index contributed by atoms with van der Waals surface area (Å²) < 4.78 is 33.1. The van der Waals surface area contributed by atoms with Crippen LogP contribution in [-0.4, -0.2) is 25.6 Å². The van der Waals surface area contributed by atoms with E-state index in [0.717, 1.165) is 11.1 Å². The van der Waals surface area contributed by atoms with Gasteiger partial charge < -0.3 is 4.52 Å². The molecule has 9 heteroatoms. The Labute approximate surface area is 177 Å². The van der Waals surface area contributed by atoms with Gasteiger partial charge in [-0.1, -0.05) is 28.9 Å². The van der Waals surface area contributed by atoms with Crippen molar-refractivity contribution in [2.75, 3.05) is 11.4 Å². The molecule has 0 fully saturated rings. The molecular weight excluding hydrogens is 430 g/mol. The Kier molecular flexibility index (Phi) is 5.16. The quantitative estimate of drug-likeness (QED) is 0.419. The van der Waals surface area contributed by atoms with Gasteiger partial charge in [0.1, 0.15) is 9.77 Å². The molecule has 0 aliphatic carbocycles. The number of rotatable bonds is 5. The molecule has 0 bridgehead atoms. The predicted molar refractivity (Wildman–Crippen MR) is 115 cm³/mol. The van der Waals surface area contributed by atoms with Crippen LogP contribution < -0.4 is 4.31 Å². The number of anilines is 1. The summed E-state index contributed by atoms with van der Waals surface area (Å²) in [5, 5.41) is 6.27. The fourth-order valence-electron chi connectivity index (χ4n) is 2.80. The zero-order chi connectivity index (χ0) is 20.6. The van der Waals surface area contributed by atoms with Gasteiger partial charge in [-0.2, -0.15) is 4.98 Å². The van der Waals surface area contributed by atoms with Crippen molar-refractivity contribution in [2.45, 2.75) is 11.8 Å². The molecule has 148 valence electrons. The topological polar surface area (TPSA) is 76.3 Å². The van der Waals surface area contributed by atoms with Gasteiger partial charge in [-0.05, 0) is 60.3 Å². The first-order valence-corrected chi connectivity index (χ1v) is 11.3. The summed E-state index contributed by atoms with van der Waals surface area (Å²) in [4.78, 5) is 4.90. The van der Waals surface area contributed by atoms with Gasteiger partial charge in [-0.15, -0.1) is 11.3 Å². The molecule has 0 amide bonds. The number of sulfonamides is 1. The van der Waals surface area contributed by atoms with E-state index in [9.17, 15) is 8.42 Å². The van der Waals surface area contributed by atoms with Gasteiger partial charge in [0.25, 0.3) is 15.9 Å². The lowest BCUT2D eigenvalue weighted by molar-refractivity contribution is 0.432. The molecule has 0 atom stereocenters. The molecule has 0 unspecified atom stereocenters. The lowest BCUT2D eigenvalue weighted by atomic mass is 10.2. The van der Waals surface area contributed by atoms with Crippen LogP contribution in [0.15, 0.2) is 69.4 Å². The number of hydrogen-bond donors (Lipinski definition) is 0. The third-order valence-electron chi connectivity index (χ3n) is 4.36. The van der Waals surface area contributed by atoms with E-state index in [4.69, 9.17) is 16.1 Å². The van der Waals surface area contributed by atoms with Crippen molar-refractivity contribution in [3.05, 3.63) is 70.6 Å². The maximum Gasteiger partial charge on any atom is 0.269 e. The van der Waals surface area contributed by atoms with E-state index in [1.165, 1.54) is 22.7 Å². The lowest BCUT2D eigenvalue weighted by Gasteiger charge is -2.19. The van der Waals surface area contributed by atoms with Crippen LogP contribution in [0.25, 0.3) is 22.2 Å². The summed E-state index contributed by atoms with van der Waals surface area (Å²) in [5.74, 6) is 0.515. The highest BCUT2D eigenvalue weighted by Crippen LogP contribution is 2.35. The first-order chi connectivity index (χ1) is 13.9. The van der Waals surface area contributed by atoms with Crippen LogP contribution in [0.2, 0.25) is 5.02 Å². The fourth-order valence-corrected chi connectivity index (χ4v) is 5.43. The highest BCUT2D eigenvalue weighted by Gasteiger charge is 2.28. The zero-order valence-electron chi connectivity index (χ0n) is 15.5. The molecule has 4 aromatic rings. The maximum atomic E-state index is 13.2. The van der Waals surface area contributed by atoms with Gasteiger partial charge >= 0.3 is 0 Å². The van der Waals surface area contributed by atoms with Crippen molar-refractivity contribution in [3.8, 4) is 22.2 Å². The molecule has 0 radical (unpaired) electrons. The number of aryl methyl sites for hydroxylation is 1. The van der Waals surface area contributed by atoms with Crippen molar-refractivity contribution in [1.82, 2.24) is 10.1 Å². The standard InChI is InChI=1S/C20H16ClN3O3S2/c1-13-4-3-5-16(12-13)24(2)29(25,26)17-10-11-28-18(17)20-22-19(23-27-20)14-6-8-15(21)9-7-14/h3-12H,1-2H3. The van der Waals surface area contributed by atoms with Gasteiger partial charge in [-0.3, -0.25) is 4.31 Å². The Morgan fingerprint density at radius 3 is 2.59 bits per heavy atom. The second-order valence-electron chi connectivity index (χ2n) is 6.36. The molecule has 0 saturated carbocycles. The highest BCUT2D eigenvalue weighted by atomic mass is 35.5. The van der Waals surface area contributed by atoms with Crippen molar-refractivity contribution in [2.24, 2.45) is 0 Å². The number of nitrogens with zero attached hydrogens (tertiary/aromatic N) is 3. The largest absolute Gasteiger partial charge is 0.333 e. The van der Waals surface area contributed by atoms with Gasteiger partial charge in [-0.25, -0.2) is 8.42 Å². The van der Waals surface area contributed by atoms with Crippen molar-refractivity contribution in [1.29, 1.82) is 0 Å². The molecule has 0 N–H and O–H groups in total. The Morgan fingerprint density at radius 2 is 1.86 bits per heavy atom. The van der Waals surface area contributed by atoms with Gasteiger partial charge in [0.2, 0.25) is 5.82 Å². The van der Waals surface area contributed by atoms with Crippen LogP contribution in [0, 0.1) is 6.92 Å². The molecule has 2 aromatic heterocycles. The first kappa shape index (κ1) is 19.6. The second-order valence-corrected chi connectivity index (χ2v) is 9.65. The Bertz CT molecular complexity index is 1260. The van der Waals surface area contributed by atoms with Gasteiger partial charge in [0.15, 0.2) is 0 Å². The van der Waals surface area contributed by atoms with E-state index in [1.807, 2.05) is 25.1 Å². The Balaban J connectivity index is 1.71. The molecule has 0 saturated heterocycles. The normalized spacial score (nSPS) is 11.6. The van der Waals surface area contributed by atoms with Crippen molar-refractivity contribution >= 4 is 38.6 Å². The van der Waals surface area contributed by atoms with E-state index in [-0.39, 0.29) is 10.8 Å². The summed E-state index contributed by atoms with van der Waals surface area (Å²) in [6.07, 6.45) is 0. The smallest absolute Gasteiger partial charge is 0.269 e. The maximum absolute atomic E-state index is 13.2. The van der Waals surface area contributed by atoms with Gasteiger partial charge in [0, 0.05) is 17.6 Å². The van der Waals surface area contributed by atoms with Crippen LogP contribution in [0.3, 0.4) is 0 Å². The second kappa shape index (κ2) is 7.62. The minimum atomic E-state index is -3.81. The molecule has 2 aromatic carbocycles. The lowest BCUT2D eigenvalue weighted by Crippen LogP contribution is -2.26. The van der Waals surface area contributed by atoms with Gasteiger partial charge in [0.05, 0.1) is 5.69 Å². The average molecular weight is 446 g/mol. The fraction of sp³-hybridized carbons (Fsp3) is 0.100. The van der Waals surface area contributed by atoms with E-state index in [0.29, 0.717) is 21.4 Å². The number of aromatic nitrogens is 2. The summed E-state index contributed by atoms with van der Waals surface area (Å²) in [7, 11) is -2.28. The molecule has 0 spiro atoms. The Morgan fingerprint density at radius 1 is 1.10 bits per heavy atom. The summed E-state index contributed by atoms with van der Waals surface area (Å²) in [5.41, 5.74) is 2.27. The molecule has 0 aliphatic rings. The van der Waals surface area contributed by atoms with Crippen molar-refractivity contribution < 1.29 is 12.9 Å². The van der Waals surface area contributed by atoms with E-state index < -0.39 is 10.0 Å². The van der Waals surface area contributed by atoms with Crippen LogP contribution in [-0.2, 0) is 10.0 Å². The first-order valence-electron chi connectivity index (χ1n) is 8.59. The SMILES string of the molecule is Cc1cccc(N(C)S(=O)(=O)c2ccsc2-c2nc(-c3ccc(Cl)cc3)no2)c1. The monoisotopic (exact) mass is 445 g/mol. The highest BCUT2D eigenvalue weighted by molar-refractivity contribution is 7.93. The molecule has 2 heterocycles. The van der Waals surface area contributed by atoms with Crippen LogP contribution in [0.5, 0.6) is 0 Å². The van der Waals surface area contributed by atoms with Crippen molar-refractivity contribution in [3.63, 3.8) is 0 Å². The molecular formula is C20H16ClN3O3S2. The number of benzene rings is 2. The van der Waals surface area contributed by atoms with E-state index in [1.54, 1.807) is 41.8 Å². The number of thiophene rings is 1. The number of hydrogen-bond acceptors (Lipinski definition) is 6.